The Morgan fingerprint density at radius 2 is 1.42 bits per heavy atom. The number of benzene rings is 2. The van der Waals surface area contributed by atoms with E-state index < -0.39 is 0 Å². The molecule has 0 aliphatic heterocycles. The van der Waals surface area contributed by atoms with Crippen molar-refractivity contribution in [1.29, 1.82) is 0 Å². The SMILES string of the molecule is CN(C)CCSc1cccc(-c2ccccc2SCCN(C)C)c1. The molecule has 0 aliphatic rings. The Kier molecular flexibility index (Phi) is 8.19. The molecule has 0 bridgehead atoms. The van der Waals surface area contributed by atoms with Crippen LogP contribution in [0.3, 0.4) is 0 Å². The van der Waals surface area contributed by atoms with Crippen molar-refractivity contribution >= 4 is 23.5 Å². The van der Waals surface area contributed by atoms with Crippen molar-refractivity contribution < 1.29 is 0 Å². The molecule has 2 nitrogen and oxygen atoms in total. The lowest BCUT2D eigenvalue weighted by Gasteiger charge is -2.13. The first-order chi connectivity index (χ1) is 11.6. The van der Waals surface area contributed by atoms with Gasteiger partial charge in [-0.2, -0.15) is 0 Å². The zero-order valence-electron chi connectivity index (χ0n) is 15.2. The molecule has 0 heterocycles. The lowest BCUT2D eigenvalue weighted by atomic mass is 10.1. The summed E-state index contributed by atoms with van der Waals surface area (Å²) >= 11 is 3.87. The molecule has 0 radical (unpaired) electrons. The quantitative estimate of drug-likeness (QED) is 0.600. The molecule has 0 fully saturated rings. The third-order valence-corrected chi connectivity index (χ3v) is 5.66. The fraction of sp³-hybridized carbons (Fsp3) is 0.400. The maximum atomic E-state index is 2.33. The molecule has 2 aromatic rings. The summed E-state index contributed by atoms with van der Waals surface area (Å²) in [4.78, 5) is 7.18. The van der Waals surface area contributed by atoms with Crippen molar-refractivity contribution in [2.75, 3.05) is 52.8 Å². The molecule has 4 heteroatoms. The standard InChI is InChI=1S/C20H28N2S2/c1-21(2)12-14-23-18-9-7-8-17(16-18)19-10-5-6-11-20(19)24-15-13-22(3)4/h5-11,16H,12-15H2,1-4H3. The van der Waals surface area contributed by atoms with E-state index in [4.69, 9.17) is 0 Å². The van der Waals surface area contributed by atoms with Crippen LogP contribution in [0, 0.1) is 0 Å². The van der Waals surface area contributed by atoms with Gasteiger partial charge in [0.1, 0.15) is 0 Å². The van der Waals surface area contributed by atoms with Gasteiger partial charge in [0.15, 0.2) is 0 Å². The first-order valence-corrected chi connectivity index (χ1v) is 10.3. The fourth-order valence-corrected chi connectivity index (χ4v) is 4.54. The molecule has 24 heavy (non-hydrogen) atoms. The van der Waals surface area contributed by atoms with Gasteiger partial charge in [-0.3, -0.25) is 0 Å². The van der Waals surface area contributed by atoms with E-state index in [0.29, 0.717) is 0 Å². The van der Waals surface area contributed by atoms with Crippen molar-refractivity contribution in [3.05, 3.63) is 48.5 Å². The summed E-state index contributed by atoms with van der Waals surface area (Å²) in [5, 5.41) is 0. The van der Waals surface area contributed by atoms with E-state index in [1.807, 2.05) is 23.5 Å². The predicted molar refractivity (Wildman–Crippen MR) is 110 cm³/mol. The summed E-state index contributed by atoms with van der Waals surface area (Å²) < 4.78 is 0. The van der Waals surface area contributed by atoms with Crippen LogP contribution in [0.5, 0.6) is 0 Å². The van der Waals surface area contributed by atoms with Crippen LogP contribution in [-0.2, 0) is 0 Å². The van der Waals surface area contributed by atoms with Crippen LogP contribution in [0.15, 0.2) is 58.3 Å². The van der Waals surface area contributed by atoms with E-state index in [1.54, 1.807) is 0 Å². The second-order valence-electron chi connectivity index (χ2n) is 6.33. The Morgan fingerprint density at radius 3 is 2.12 bits per heavy atom. The minimum absolute atomic E-state index is 1.10. The van der Waals surface area contributed by atoms with Gasteiger partial charge in [-0.25, -0.2) is 0 Å². The van der Waals surface area contributed by atoms with Gasteiger partial charge in [0, 0.05) is 34.4 Å². The molecule has 0 aromatic heterocycles. The largest absolute Gasteiger partial charge is 0.309 e. The summed E-state index contributed by atoms with van der Waals surface area (Å²) in [5.41, 5.74) is 2.66. The van der Waals surface area contributed by atoms with Gasteiger partial charge < -0.3 is 9.80 Å². The van der Waals surface area contributed by atoms with Crippen molar-refractivity contribution in [2.24, 2.45) is 0 Å². The normalized spacial score (nSPS) is 11.4. The Morgan fingerprint density at radius 1 is 0.750 bits per heavy atom. The van der Waals surface area contributed by atoms with Crippen molar-refractivity contribution in [3.63, 3.8) is 0 Å². The topological polar surface area (TPSA) is 6.48 Å². The first kappa shape index (κ1) is 19.4. The van der Waals surface area contributed by atoms with E-state index in [2.05, 4.69) is 86.5 Å². The van der Waals surface area contributed by atoms with Gasteiger partial charge >= 0.3 is 0 Å². The molecule has 2 aromatic carbocycles. The summed E-state index contributed by atoms with van der Waals surface area (Å²) in [7, 11) is 8.50. The summed E-state index contributed by atoms with van der Waals surface area (Å²) in [6.07, 6.45) is 0. The molecular weight excluding hydrogens is 332 g/mol. The Balaban J connectivity index is 2.10. The summed E-state index contributed by atoms with van der Waals surface area (Å²) in [6, 6.07) is 17.7. The Hall–Kier alpha value is -0.940. The van der Waals surface area contributed by atoms with E-state index in [0.717, 1.165) is 24.6 Å². The predicted octanol–water partition coefficient (Wildman–Crippen LogP) is 4.66. The molecule has 0 aliphatic carbocycles. The second kappa shape index (κ2) is 10.1. The zero-order valence-corrected chi connectivity index (χ0v) is 16.8. The maximum absolute atomic E-state index is 2.33. The highest BCUT2D eigenvalue weighted by atomic mass is 32.2. The number of rotatable bonds is 9. The zero-order chi connectivity index (χ0) is 17.4. The first-order valence-electron chi connectivity index (χ1n) is 8.31. The van der Waals surface area contributed by atoms with E-state index >= 15 is 0 Å². The van der Waals surface area contributed by atoms with Crippen molar-refractivity contribution in [2.45, 2.75) is 9.79 Å². The third kappa shape index (κ3) is 6.52. The van der Waals surface area contributed by atoms with E-state index in [9.17, 15) is 0 Å². The van der Waals surface area contributed by atoms with Gasteiger partial charge in [-0.05, 0) is 57.5 Å². The van der Waals surface area contributed by atoms with Crippen molar-refractivity contribution in [3.8, 4) is 11.1 Å². The average molecular weight is 361 g/mol. The van der Waals surface area contributed by atoms with Gasteiger partial charge in [0.2, 0.25) is 0 Å². The number of thioether (sulfide) groups is 2. The minimum Gasteiger partial charge on any atom is -0.309 e. The van der Waals surface area contributed by atoms with Crippen LogP contribution in [0.25, 0.3) is 11.1 Å². The van der Waals surface area contributed by atoms with Crippen LogP contribution < -0.4 is 0 Å². The second-order valence-corrected chi connectivity index (χ2v) is 8.63. The van der Waals surface area contributed by atoms with Crippen molar-refractivity contribution in [1.82, 2.24) is 9.80 Å². The third-order valence-electron chi connectivity index (χ3n) is 3.64. The lowest BCUT2D eigenvalue weighted by molar-refractivity contribution is 0.437. The molecule has 0 atom stereocenters. The molecule has 0 amide bonds. The number of hydrogen-bond donors (Lipinski definition) is 0. The molecular formula is C20H28N2S2. The van der Waals surface area contributed by atoms with Crippen LogP contribution >= 0.6 is 23.5 Å². The van der Waals surface area contributed by atoms with Crippen LogP contribution in [0.1, 0.15) is 0 Å². The average Bonchev–Trinajstić information content (AvgIpc) is 2.55. The summed E-state index contributed by atoms with van der Waals surface area (Å²) in [5.74, 6) is 2.23. The maximum Gasteiger partial charge on any atom is 0.0151 e. The fourth-order valence-electron chi connectivity index (χ4n) is 2.27. The minimum atomic E-state index is 1.10. The van der Waals surface area contributed by atoms with E-state index in [-0.39, 0.29) is 0 Å². The highest BCUT2D eigenvalue weighted by Gasteiger charge is 2.06. The van der Waals surface area contributed by atoms with Crippen LogP contribution in [0.4, 0.5) is 0 Å². The Labute approximate surface area is 155 Å². The molecule has 0 saturated heterocycles. The molecule has 0 saturated carbocycles. The van der Waals surface area contributed by atoms with Gasteiger partial charge in [-0.1, -0.05) is 30.3 Å². The highest BCUT2D eigenvalue weighted by molar-refractivity contribution is 7.99. The van der Waals surface area contributed by atoms with E-state index in [1.165, 1.54) is 20.9 Å². The molecule has 0 spiro atoms. The molecule has 130 valence electrons. The van der Waals surface area contributed by atoms with Crippen LogP contribution in [-0.4, -0.2) is 62.6 Å². The van der Waals surface area contributed by atoms with Gasteiger partial charge in [-0.15, -0.1) is 23.5 Å². The lowest BCUT2D eigenvalue weighted by Crippen LogP contribution is -2.14. The van der Waals surface area contributed by atoms with Crippen LogP contribution in [0.2, 0.25) is 0 Å². The number of nitrogens with zero attached hydrogens (tertiary/aromatic N) is 2. The smallest absolute Gasteiger partial charge is 0.0151 e. The summed E-state index contributed by atoms with van der Waals surface area (Å²) in [6.45, 7) is 2.20. The van der Waals surface area contributed by atoms with Gasteiger partial charge in [0.25, 0.3) is 0 Å². The molecule has 0 unspecified atom stereocenters. The highest BCUT2D eigenvalue weighted by Crippen LogP contribution is 2.33. The molecule has 2 rings (SSSR count). The monoisotopic (exact) mass is 360 g/mol. The van der Waals surface area contributed by atoms with Gasteiger partial charge in [0.05, 0.1) is 0 Å². The number of hydrogen-bond acceptors (Lipinski definition) is 4. The molecule has 0 N–H and O–H groups in total. The Bertz CT molecular complexity index is 627.